The summed E-state index contributed by atoms with van der Waals surface area (Å²) in [6.45, 7) is 9.55. The van der Waals surface area contributed by atoms with Gasteiger partial charge in [0.25, 0.3) is 0 Å². The summed E-state index contributed by atoms with van der Waals surface area (Å²) >= 11 is 6.10. The van der Waals surface area contributed by atoms with Gasteiger partial charge < -0.3 is 10.6 Å². The normalized spacial score (nSPS) is 11.1. The number of hydrogen-bond donors (Lipinski definition) is 1. The average Bonchev–Trinajstić information content (AvgIpc) is 2.42. The highest BCUT2D eigenvalue weighted by Gasteiger charge is 2.14. The first-order valence-corrected chi connectivity index (χ1v) is 7.77. The fourth-order valence-corrected chi connectivity index (χ4v) is 2.67. The van der Waals surface area contributed by atoms with Crippen molar-refractivity contribution in [1.29, 1.82) is 0 Å². The van der Waals surface area contributed by atoms with E-state index in [1.54, 1.807) is 0 Å². The summed E-state index contributed by atoms with van der Waals surface area (Å²) in [5, 5.41) is 0.797. The van der Waals surface area contributed by atoms with Crippen molar-refractivity contribution in [1.82, 2.24) is 0 Å². The van der Waals surface area contributed by atoms with Crippen LogP contribution in [0.15, 0.2) is 18.2 Å². The summed E-state index contributed by atoms with van der Waals surface area (Å²) in [6, 6.07) is 6.17. The van der Waals surface area contributed by atoms with E-state index in [1.165, 1.54) is 24.1 Å². The number of nitrogens with zero attached hydrogens (tertiary/aromatic N) is 1. The molecule has 0 aliphatic heterocycles. The Morgan fingerprint density at radius 1 is 1.21 bits per heavy atom. The lowest BCUT2D eigenvalue weighted by molar-refractivity contribution is 0.485. The zero-order valence-corrected chi connectivity index (χ0v) is 13.2. The maximum absolute atomic E-state index is 6.10. The van der Waals surface area contributed by atoms with E-state index in [-0.39, 0.29) is 0 Å². The molecule has 2 nitrogen and oxygen atoms in total. The Morgan fingerprint density at radius 2 is 1.89 bits per heavy atom. The minimum absolute atomic E-state index is 0.663. The van der Waals surface area contributed by atoms with E-state index in [9.17, 15) is 0 Å². The van der Waals surface area contributed by atoms with Crippen molar-refractivity contribution in [2.75, 3.05) is 24.5 Å². The van der Waals surface area contributed by atoms with Gasteiger partial charge in [0.2, 0.25) is 0 Å². The molecule has 0 saturated carbocycles. The van der Waals surface area contributed by atoms with Gasteiger partial charge in [-0.3, -0.25) is 0 Å². The Balaban J connectivity index is 2.96. The Hall–Kier alpha value is -0.730. The van der Waals surface area contributed by atoms with Crippen LogP contribution >= 0.6 is 11.6 Å². The highest BCUT2D eigenvalue weighted by molar-refractivity contribution is 6.30. The molecular formula is C16H27ClN2. The Kier molecular flexibility index (Phi) is 7.25. The van der Waals surface area contributed by atoms with Gasteiger partial charge >= 0.3 is 0 Å². The summed E-state index contributed by atoms with van der Waals surface area (Å²) in [5.41, 5.74) is 8.28. The maximum atomic E-state index is 6.10. The first-order chi connectivity index (χ1) is 9.15. The number of nitrogens with two attached hydrogens (primary N) is 1. The monoisotopic (exact) mass is 282 g/mol. The molecule has 1 aromatic rings. The van der Waals surface area contributed by atoms with Crippen molar-refractivity contribution in [2.45, 2.75) is 40.0 Å². The van der Waals surface area contributed by atoms with Crippen LogP contribution in [0.4, 0.5) is 5.69 Å². The van der Waals surface area contributed by atoms with Crippen LogP contribution in [0.1, 0.15) is 39.2 Å². The molecule has 0 bridgehead atoms. The highest BCUT2D eigenvalue weighted by atomic mass is 35.5. The molecule has 0 saturated heterocycles. The second kappa shape index (κ2) is 8.44. The van der Waals surface area contributed by atoms with E-state index in [4.69, 9.17) is 17.3 Å². The van der Waals surface area contributed by atoms with Crippen LogP contribution in [-0.2, 0) is 6.42 Å². The molecule has 3 heteroatoms. The van der Waals surface area contributed by atoms with Crippen molar-refractivity contribution in [3.63, 3.8) is 0 Å². The van der Waals surface area contributed by atoms with Gasteiger partial charge in [-0.15, -0.1) is 0 Å². The number of hydrogen-bond acceptors (Lipinski definition) is 2. The van der Waals surface area contributed by atoms with Gasteiger partial charge in [-0.1, -0.05) is 38.3 Å². The summed E-state index contributed by atoms with van der Waals surface area (Å²) in [5.74, 6) is 0.751. The predicted octanol–water partition coefficient (Wildman–Crippen LogP) is 4.10. The molecule has 0 unspecified atom stereocenters. The molecule has 108 valence electrons. The van der Waals surface area contributed by atoms with Crippen LogP contribution in [-0.4, -0.2) is 19.6 Å². The molecule has 1 rings (SSSR count). The molecule has 19 heavy (non-hydrogen) atoms. The van der Waals surface area contributed by atoms with Crippen molar-refractivity contribution < 1.29 is 0 Å². The maximum Gasteiger partial charge on any atom is 0.0410 e. The number of benzene rings is 1. The van der Waals surface area contributed by atoms with Crippen LogP contribution in [0, 0.1) is 5.92 Å². The number of anilines is 1. The first-order valence-electron chi connectivity index (χ1n) is 7.39. The smallest absolute Gasteiger partial charge is 0.0410 e. The molecule has 0 atom stereocenters. The van der Waals surface area contributed by atoms with E-state index in [1.807, 2.05) is 6.07 Å². The van der Waals surface area contributed by atoms with E-state index in [0.717, 1.165) is 30.5 Å². The highest BCUT2D eigenvalue weighted by Crippen LogP contribution is 2.26. The quantitative estimate of drug-likeness (QED) is 0.778. The second-order valence-corrected chi connectivity index (χ2v) is 5.47. The van der Waals surface area contributed by atoms with Gasteiger partial charge in [0, 0.05) is 23.8 Å². The molecule has 0 fully saturated rings. The van der Waals surface area contributed by atoms with Crippen LogP contribution in [0.3, 0.4) is 0 Å². The lowest BCUT2D eigenvalue weighted by Crippen LogP contribution is -2.30. The molecule has 0 radical (unpaired) electrons. The molecule has 0 amide bonds. The third-order valence-corrected chi connectivity index (χ3v) is 4.05. The Labute approximate surface area is 122 Å². The largest absolute Gasteiger partial charge is 0.371 e. The topological polar surface area (TPSA) is 29.3 Å². The van der Waals surface area contributed by atoms with Crippen LogP contribution in [0.25, 0.3) is 0 Å². The molecule has 0 aliphatic rings. The van der Waals surface area contributed by atoms with Gasteiger partial charge in [-0.2, -0.15) is 0 Å². The van der Waals surface area contributed by atoms with Crippen LogP contribution in [0.5, 0.6) is 0 Å². The van der Waals surface area contributed by atoms with Crippen molar-refractivity contribution in [2.24, 2.45) is 11.7 Å². The van der Waals surface area contributed by atoms with Crippen molar-refractivity contribution in [3.8, 4) is 0 Å². The number of rotatable bonds is 8. The summed E-state index contributed by atoms with van der Waals surface area (Å²) < 4.78 is 0. The predicted molar refractivity (Wildman–Crippen MR) is 86.2 cm³/mol. The number of halogens is 1. The Bertz CT molecular complexity index is 375. The molecule has 0 spiro atoms. The molecule has 0 aliphatic carbocycles. The zero-order chi connectivity index (χ0) is 14.3. The second-order valence-electron chi connectivity index (χ2n) is 5.03. The molecule has 1 aromatic carbocycles. The first kappa shape index (κ1) is 16.3. The zero-order valence-electron chi connectivity index (χ0n) is 12.5. The molecule has 0 heterocycles. The molecular weight excluding hydrogens is 256 g/mol. The Morgan fingerprint density at radius 3 is 2.42 bits per heavy atom. The summed E-state index contributed by atoms with van der Waals surface area (Å²) in [6.07, 6.45) is 3.34. The molecule has 2 N–H and O–H groups in total. The fraction of sp³-hybridized carbons (Fsp3) is 0.625. The van der Waals surface area contributed by atoms with Crippen LogP contribution in [0.2, 0.25) is 5.02 Å². The summed E-state index contributed by atoms with van der Waals surface area (Å²) in [4.78, 5) is 2.46. The lowest BCUT2D eigenvalue weighted by Gasteiger charge is -2.29. The van der Waals surface area contributed by atoms with Crippen molar-refractivity contribution in [3.05, 3.63) is 28.8 Å². The van der Waals surface area contributed by atoms with E-state index >= 15 is 0 Å². The fourth-order valence-electron chi connectivity index (χ4n) is 2.47. The van der Waals surface area contributed by atoms with Gasteiger partial charge in [0.1, 0.15) is 0 Å². The van der Waals surface area contributed by atoms with Crippen LogP contribution < -0.4 is 10.6 Å². The van der Waals surface area contributed by atoms with E-state index in [2.05, 4.69) is 37.8 Å². The van der Waals surface area contributed by atoms with Gasteiger partial charge in [0.05, 0.1) is 0 Å². The minimum Gasteiger partial charge on any atom is -0.371 e. The third-order valence-electron chi connectivity index (χ3n) is 3.81. The SMILES string of the molecule is CCC(CC)CN(CC)c1ccc(Cl)cc1CCN. The third kappa shape index (κ3) is 4.70. The molecule has 0 aromatic heterocycles. The van der Waals surface area contributed by atoms with E-state index in [0.29, 0.717) is 6.54 Å². The minimum atomic E-state index is 0.663. The lowest BCUT2D eigenvalue weighted by atomic mass is 10.0. The van der Waals surface area contributed by atoms with Gasteiger partial charge in [-0.25, -0.2) is 0 Å². The standard InChI is InChI=1S/C16H27ClN2/c1-4-13(5-2)12-19(6-3)16-8-7-15(17)11-14(16)9-10-18/h7-8,11,13H,4-6,9-10,12,18H2,1-3H3. The van der Waals surface area contributed by atoms with Gasteiger partial charge in [-0.05, 0) is 49.6 Å². The average molecular weight is 283 g/mol. The van der Waals surface area contributed by atoms with Gasteiger partial charge in [0.15, 0.2) is 0 Å². The van der Waals surface area contributed by atoms with Crippen molar-refractivity contribution >= 4 is 17.3 Å². The van der Waals surface area contributed by atoms with E-state index < -0.39 is 0 Å². The summed E-state index contributed by atoms with van der Waals surface area (Å²) in [7, 11) is 0.